The number of H-pyrrole nitrogens is 1. The highest BCUT2D eigenvalue weighted by Crippen LogP contribution is 2.40. The largest absolute Gasteiger partial charge is 0.377 e. The Bertz CT molecular complexity index is 811. The average molecular weight is 357 g/mol. The molecule has 0 unspecified atom stereocenters. The third kappa shape index (κ3) is 2.92. The number of amides is 1. The molecule has 0 spiro atoms. The van der Waals surface area contributed by atoms with Crippen LogP contribution in [0.15, 0.2) is 10.6 Å². The number of aryl methyl sites for hydroxylation is 1. The summed E-state index contributed by atoms with van der Waals surface area (Å²) in [5, 5.41) is 11.1. The molecular weight excluding hydrogens is 334 g/mol. The fourth-order valence-corrected chi connectivity index (χ4v) is 4.25. The monoisotopic (exact) mass is 357 g/mol. The zero-order valence-corrected chi connectivity index (χ0v) is 14.9. The summed E-state index contributed by atoms with van der Waals surface area (Å²) in [6, 6.07) is 1.83. The number of carbonyl (C=O) groups is 1. The fourth-order valence-electron chi connectivity index (χ4n) is 4.25. The Morgan fingerprint density at radius 1 is 1.38 bits per heavy atom. The SMILES string of the molecule is Cc1nc(C[C@H]2OC[C@H]3CN(C(=O)c4cc(C5CC5)on4)CC[C@H]32)n[nH]1. The van der Waals surface area contributed by atoms with Crippen molar-refractivity contribution < 1.29 is 14.1 Å². The lowest BCUT2D eigenvalue weighted by molar-refractivity contribution is 0.0600. The maximum Gasteiger partial charge on any atom is 0.276 e. The highest BCUT2D eigenvalue weighted by Gasteiger charge is 2.42. The van der Waals surface area contributed by atoms with Gasteiger partial charge >= 0.3 is 0 Å². The Kier molecular flexibility index (Phi) is 3.81. The molecule has 2 aromatic rings. The molecule has 3 atom stereocenters. The van der Waals surface area contributed by atoms with Crippen LogP contribution in [0.4, 0.5) is 0 Å². The van der Waals surface area contributed by atoms with E-state index < -0.39 is 0 Å². The van der Waals surface area contributed by atoms with Crippen molar-refractivity contribution >= 4 is 5.91 Å². The quantitative estimate of drug-likeness (QED) is 0.894. The van der Waals surface area contributed by atoms with E-state index in [0.29, 0.717) is 30.1 Å². The van der Waals surface area contributed by atoms with Crippen LogP contribution in [0.5, 0.6) is 0 Å². The minimum Gasteiger partial charge on any atom is -0.377 e. The molecule has 0 bridgehead atoms. The summed E-state index contributed by atoms with van der Waals surface area (Å²) in [6.07, 6.45) is 4.09. The molecule has 5 rings (SSSR count). The molecule has 26 heavy (non-hydrogen) atoms. The number of likely N-dealkylation sites (tertiary alicyclic amines) is 1. The van der Waals surface area contributed by atoms with Gasteiger partial charge < -0.3 is 14.2 Å². The summed E-state index contributed by atoms with van der Waals surface area (Å²) in [7, 11) is 0. The highest BCUT2D eigenvalue weighted by atomic mass is 16.5. The van der Waals surface area contributed by atoms with Crippen LogP contribution in [0.25, 0.3) is 0 Å². The number of carbonyl (C=O) groups excluding carboxylic acids is 1. The van der Waals surface area contributed by atoms with E-state index in [1.807, 2.05) is 17.9 Å². The van der Waals surface area contributed by atoms with Crippen LogP contribution >= 0.6 is 0 Å². The first kappa shape index (κ1) is 16.0. The zero-order chi connectivity index (χ0) is 17.7. The lowest BCUT2D eigenvalue weighted by Crippen LogP contribution is -2.44. The smallest absolute Gasteiger partial charge is 0.276 e. The molecule has 2 aliphatic heterocycles. The number of rotatable bonds is 4. The number of hydrogen-bond donors (Lipinski definition) is 1. The number of nitrogens with zero attached hydrogens (tertiary/aromatic N) is 4. The van der Waals surface area contributed by atoms with Crippen molar-refractivity contribution in [1.82, 2.24) is 25.2 Å². The van der Waals surface area contributed by atoms with E-state index in [1.54, 1.807) is 0 Å². The van der Waals surface area contributed by atoms with Crippen molar-refractivity contribution in [2.24, 2.45) is 11.8 Å². The minimum absolute atomic E-state index is 0.0212. The van der Waals surface area contributed by atoms with E-state index in [9.17, 15) is 4.79 Å². The van der Waals surface area contributed by atoms with Crippen molar-refractivity contribution in [2.45, 2.75) is 44.6 Å². The van der Waals surface area contributed by atoms with E-state index in [0.717, 1.165) is 56.2 Å². The molecule has 0 radical (unpaired) electrons. The van der Waals surface area contributed by atoms with Gasteiger partial charge in [0, 0.05) is 37.4 Å². The Labute approximate surface area is 151 Å². The second-order valence-corrected chi connectivity index (χ2v) is 7.77. The van der Waals surface area contributed by atoms with E-state index >= 15 is 0 Å². The molecular formula is C18H23N5O3. The van der Waals surface area contributed by atoms with Gasteiger partial charge in [0.25, 0.3) is 5.91 Å². The van der Waals surface area contributed by atoms with Crippen LogP contribution in [0.2, 0.25) is 0 Å². The van der Waals surface area contributed by atoms with Crippen molar-refractivity contribution in [1.29, 1.82) is 0 Å². The van der Waals surface area contributed by atoms with Crippen molar-refractivity contribution in [3.05, 3.63) is 29.2 Å². The van der Waals surface area contributed by atoms with Gasteiger partial charge in [-0.3, -0.25) is 9.89 Å². The predicted molar refractivity (Wildman–Crippen MR) is 90.5 cm³/mol. The van der Waals surface area contributed by atoms with Crippen LogP contribution in [-0.2, 0) is 11.2 Å². The predicted octanol–water partition coefficient (Wildman–Crippen LogP) is 1.70. The molecule has 138 valence electrons. The lowest BCUT2D eigenvalue weighted by Gasteiger charge is -2.35. The molecule has 2 saturated heterocycles. The zero-order valence-electron chi connectivity index (χ0n) is 14.9. The maximum absolute atomic E-state index is 12.8. The lowest BCUT2D eigenvalue weighted by atomic mass is 9.83. The Morgan fingerprint density at radius 3 is 3.04 bits per heavy atom. The van der Waals surface area contributed by atoms with Crippen LogP contribution < -0.4 is 0 Å². The van der Waals surface area contributed by atoms with E-state index in [4.69, 9.17) is 9.26 Å². The first-order valence-electron chi connectivity index (χ1n) is 9.43. The fraction of sp³-hybridized carbons (Fsp3) is 0.667. The van der Waals surface area contributed by atoms with Gasteiger partial charge in [0.15, 0.2) is 11.5 Å². The molecule has 8 nitrogen and oxygen atoms in total. The molecule has 0 aromatic carbocycles. The number of hydrogen-bond acceptors (Lipinski definition) is 6. The third-order valence-corrected chi connectivity index (χ3v) is 5.84. The van der Waals surface area contributed by atoms with E-state index in [2.05, 4.69) is 20.3 Å². The van der Waals surface area contributed by atoms with Gasteiger partial charge in [-0.25, -0.2) is 4.98 Å². The molecule has 1 N–H and O–H groups in total. The van der Waals surface area contributed by atoms with Crippen molar-refractivity contribution in [3.63, 3.8) is 0 Å². The van der Waals surface area contributed by atoms with Gasteiger partial charge in [-0.2, -0.15) is 5.10 Å². The van der Waals surface area contributed by atoms with Crippen molar-refractivity contribution in [3.8, 4) is 0 Å². The van der Waals surface area contributed by atoms with E-state index in [1.165, 1.54) is 0 Å². The van der Waals surface area contributed by atoms with Gasteiger partial charge in [-0.15, -0.1) is 0 Å². The summed E-state index contributed by atoms with van der Waals surface area (Å²) in [5.41, 5.74) is 0.442. The highest BCUT2D eigenvalue weighted by molar-refractivity contribution is 5.92. The van der Waals surface area contributed by atoms with Crippen LogP contribution in [0.3, 0.4) is 0 Å². The first-order chi connectivity index (χ1) is 12.7. The number of aromatic nitrogens is 4. The molecule has 1 amide bonds. The standard InChI is InChI=1S/C18H23N5O3/c1-10-19-17(21-20-10)7-16-13-4-5-23(8-12(13)9-25-16)18(24)14-6-15(26-22-14)11-2-3-11/h6,11-13,16H,2-5,7-9H2,1H3,(H,19,20,21)/t12-,13-,16-/m1/s1. The molecule has 1 saturated carbocycles. The Morgan fingerprint density at radius 2 is 2.27 bits per heavy atom. The summed E-state index contributed by atoms with van der Waals surface area (Å²) in [6.45, 7) is 4.04. The van der Waals surface area contributed by atoms with Crippen LogP contribution in [0.1, 0.15) is 53.1 Å². The first-order valence-corrected chi connectivity index (χ1v) is 9.43. The second-order valence-electron chi connectivity index (χ2n) is 7.77. The third-order valence-electron chi connectivity index (χ3n) is 5.84. The van der Waals surface area contributed by atoms with Crippen LogP contribution in [-0.4, -0.2) is 56.9 Å². The average Bonchev–Trinajstić information content (AvgIpc) is 3.05. The molecule has 8 heteroatoms. The number of fused-ring (bicyclic) bond motifs is 1. The Hall–Kier alpha value is -2.22. The van der Waals surface area contributed by atoms with Gasteiger partial charge in [0.05, 0.1) is 12.7 Å². The summed E-state index contributed by atoms with van der Waals surface area (Å²) in [4.78, 5) is 19.0. The number of aromatic amines is 1. The normalized spacial score (nSPS) is 28.3. The van der Waals surface area contributed by atoms with Crippen LogP contribution in [0, 0.1) is 18.8 Å². The number of piperidine rings is 1. The second kappa shape index (κ2) is 6.19. The molecule has 2 aromatic heterocycles. The molecule has 4 heterocycles. The molecule has 3 fully saturated rings. The van der Waals surface area contributed by atoms with Gasteiger partial charge in [-0.05, 0) is 32.1 Å². The summed E-state index contributed by atoms with van der Waals surface area (Å²) >= 11 is 0. The number of nitrogens with one attached hydrogen (secondary N) is 1. The van der Waals surface area contributed by atoms with Gasteiger partial charge in [0.1, 0.15) is 11.6 Å². The van der Waals surface area contributed by atoms with Gasteiger partial charge in [0.2, 0.25) is 0 Å². The number of ether oxygens (including phenoxy) is 1. The van der Waals surface area contributed by atoms with Gasteiger partial charge in [-0.1, -0.05) is 5.16 Å². The maximum atomic E-state index is 12.8. The molecule has 1 aliphatic carbocycles. The van der Waals surface area contributed by atoms with Crippen molar-refractivity contribution in [2.75, 3.05) is 19.7 Å². The Balaban J connectivity index is 1.22. The topological polar surface area (TPSA) is 97.1 Å². The molecule has 3 aliphatic rings. The summed E-state index contributed by atoms with van der Waals surface area (Å²) in [5.74, 6) is 3.76. The van der Waals surface area contributed by atoms with E-state index in [-0.39, 0.29) is 12.0 Å². The summed E-state index contributed by atoms with van der Waals surface area (Å²) < 4.78 is 11.4. The minimum atomic E-state index is -0.0212.